The zero-order valence-electron chi connectivity index (χ0n) is 11.2. The zero-order valence-corrected chi connectivity index (χ0v) is 11.2. The molecule has 0 fully saturated rings. The molecule has 0 unspecified atom stereocenters. The molecule has 0 saturated carbocycles. The van der Waals surface area contributed by atoms with Crippen LogP contribution in [-0.4, -0.2) is 39.6 Å². The van der Waals surface area contributed by atoms with Crippen molar-refractivity contribution in [2.24, 2.45) is 5.73 Å². The smallest absolute Gasteiger partial charge is 0.159 e. The quantitative estimate of drug-likeness (QED) is 0.887. The average molecular weight is 257 g/mol. The van der Waals surface area contributed by atoms with E-state index in [4.69, 9.17) is 10.7 Å². The van der Waals surface area contributed by atoms with Crippen molar-refractivity contribution in [2.45, 2.75) is 19.5 Å². The van der Waals surface area contributed by atoms with Crippen LogP contribution in [0.25, 0.3) is 11.5 Å². The van der Waals surface area contributed by atoms with E-state index in [9.17, 15) is 0 Å². The molecule has 0 bridgehead atoms. The van der Waals surface area contributed by atoms with Crippen LogP contribution >= 0.6 is 0 Å². The van der Waals surface area contributed by atoms with Crippen molar-refractivity contribution < 1.29 is 0 Å². The Morgan fingerprint density at radius 1 is 1.32 bits per heavy atom. The molecular formula is C14H19N5. The van der Waals surface area contributed by atoms with Gasteiger partial charge < -0.3 is 10.3 Å². The van der Waals surface area contributed by atoms with Gasteiger partial charge in [-0.05, 0) is 25.7 Å². The Hall–Kier alpha value is -1.72. The van der Waals surface area contributed by atoms with E-state index < -0.39 is 0 Å². The molecular weight excluding hydrogens is 238 g/mol. The van der Waals surface area contributed by atoms with Gasteiger partial charge in [0.2, 0.25) is 0 Å². The normalized spacial score (nSPS) is 15.5. The fourth-order valence-electron chi connectivity index (χ4n) is 2.59. The number of aromatic nitrogens is 3. The van der Waals surface area contributed by atoms with E-state index in [1.807, 2.05) is 24.4 Å². The van der Waals surface area contributed by atoms with Crippen LogP contribution in [0.4, 0.5) is 0 Å². The number of hydrogen-bond acceptors (Lipinski definition) is 4. The van der Waals surface area contributed by atoms with Gasteiger partial charge in [0.1, 0.15) is 5.69 Å². The summed E-state index contributed by atoms with van der Waals surface area (Å²) in [4.78, 5) is 11.5. The molecule has 0 aliphatic carbocycles. The van der Waals surface area contributed by atoms with Crippen molar-refractivity contribution in [2.75, 3.05) is 20.1 Å². The number of likely N-dealkylation sites (N-methyl/N-ethyl adjacent to an activating group) is 1. The summed E-state index contributed by atoms with van der Waals surface area (Å²) in [6.45, 7) is 3.59. The lowest BCUT2D eigenvalue weighted by molar-refractivity contribution is 0.269. The molecule has 5 nitrogen and oxygen atoms in total. The lowest BCUT2D eigenvalue weighted by Gasteiger charge is -2.25. The van der Waals surface area contributed by atoms with Crippen LogP contribution in [0.1, 0.15) is 11.4 Å². The first-order valence-electron chi connectivity index (χ1n) is 6.68. The van der Waals surface area contributed by atoms with Crippen LogP contribution < -0.4 is 5.73 Å². The monoisotopic (exact) mass is 257 g/mol. The molecule has 0 atom stereocenters. The van der Waals surface area contributed by atoms with Crippen LogP contribution in [0.5, 0.6) is 0 Å². The molecule has 0 aromatic carbocycles. The van der Waals surface area contributed by atoms with Gasteiger partial charge in [-0.2, -0.15) is 0 Å². The first-order valence-corrected chi connectivity index (χ1v) is 6.68. The summed E-state index contributed by atoms with van der Waals surface area (Å²) in [5, 5.41) is 0. The Labute approximate surface area is 113 Å². The molecule has 1 aliphatic heterocycles. The van der Waals surface area contributed by atoms with Gasteiger partial charge in [0, 0.05) is 32.3 Å². The van der Waals surface area contributed by atoms with Gasteiger partial charge in [-0.25, -0.2) is 4.98 Å². The molecule has 2 N–H and O–H groups in total. The Morgan fingerprint density at radius 2 is 2.21 bits per heavy atom. The maximum Gasteiger partial charge on any atom is 0.159 e. The van der Waals surface area contributed by atoms with Gasteiger partial charge in [0.15, 0.2) is 5.82 Å². The summed E-state index contributed by atoms with van der Waals surface area (Å²) in [7, 11) is 2.14. The predicted octanol–water partition coefficient (Wildman–Crippen LogP) is 0.892. The van der Waals surface area contributed by atoms with Crippen LogP contribution in [-0.2, 0) is 19.5 Å². The minimum Gasteiger partial charge on any atom is -0.330 e. The second kappa shape index (κ2) is 5.11. The van der Waals surface area contributed by atoms with Crippen LogP contribution in [0.2, 0.25) is 0 Å². The number of hydrogen-bond donors (Lipinski definition) is 1. The molecule has 0 saturated heterocycles. The molecule has 0 amide bonds. The van der Waals surface area contributed by atoms with E-state index in [1.165, 1.54) is 5.69 Å². The maximum absolute atomic E-state index is 5.70. The van der Waals surface area contributed by atoms with Gasteiger partial charge in [-0.15, -0.1) is 0 Å². The van der Waals surface area contributed by atoms with Crippen LogP contribution in [0.15, 0.2) is 24.4 Å². The third-order valence-electron chi connectivity index (χ3n) is 3.56. The van der Waals surface area contributed by atoms with E-state index in [2.05, 4.69) is 21.5 Å². The van der Waals surface area contributed by atoms with Crippen molar-refractivity contribution in [3.63, 3.8) is 0 Å². The lowest BCUT2D eigenvalue weighted by atomic mass is 10.2. The first kappa shape index (κ1) is 12.3. The Morgan fingerprint density at radius 3 is 2.95 bits per heavy atom. The molecule has 19 heavy (non-hydrogen) atoms. The summed E-state index contributed by atoms with van der Waals surface area (Å²) in [6, 6.07) is 5.94. The van der Waals surface area contributed by atoms with Gasteiger partial charge >= 0.3 is 0 Å². The second-order valence-electron chi connectivity index (χ2n) is 4.97. The van der Waals surface area contributed by atoms with Crippen molar-refractivity contribution in [1.82, 2.24) is 19.4 Å². The topological polar surface area (TPSA) is 60.0 Å². The van der Waals surface area contributed by atoms with Crippen molar-refractivity contribution in [3.05, 3.63) is 35.8 Å². The van der Waals surface area contributed by atoms with E-state index >= 15 is 0 Å². The third kappa shape index (κ3) is 2.27. The van der Waals surface area contributed by atoms with Gasteiger partial charge in [-0.3, -0.25) is 9.88 Å². The largest absolute Gasteiger partial charge is 0.330 e. The van der Waals surface area contributed by atoms with E-state index in [-0.39, 0.29) is 0 Å². The Kier molecular flexibility index (Phi) is 3.31. The fraction of sp³-hybridized carbons (Fsp3) is 0.429. The predicted molar refractivity (Wildman–Crippen MR) is 74.6 cm³/mol. The second-order valence-corrected chi connectivity index (χ2v) is 4.97. The minimum atomic E-state index is 0.634. The number of rotatable bonds is 3. The molecule has 2 aromatic rings. The number of pyridine rings is 1. The Bertz CT molecular complexity index is 561. The van der Waals surface area contributed by atoms with Crippen molar-refractivity contribution in [1.29, 1.82) is 0 Å². The van der Waals surface area contributed by atoms with Crippen LogP contribution in [0, 0.1) is 0 Å². The highest BCUT2D eigenvalue weighted by Crippen LogP contribution is 2.24. The molecule has 3 rings (SSSR count). The van der Waals surface area contributed by atoms with Gasteiger partial charge in [0.05, 0.1) is 11.4 Å². The van der Waals surface area contributed by atoms with Crippen LogP contribution in [0.3, 0.4) is 0 Å². The summed E-state index contributed by atoms with van der Waals surface area (Å²) >= 11 is 0. The molecule has 2 aromatic heterocycles. The lowest BCUT2D eigenvalue weighted by Crippen LogP contribution is -2.31. The summed E-state index contributed by atoms with van der Waals surface area (Å²) < 4.78 is 2.30. The standard InChI is InChI=1S/C14H19N5/c1-18-8-9-19-13(10-18)11(5-6-15)17-14(19)12-4-2-3-7-16-12/h2-4,7H,5-6,8-10,15H2,1H3. The molecule has 100 valence electrons. The average Bonchev–Trinajstić information content (AvgIpc) is 2.79. The summed E-state index contributed by atoms with van der Waals surface area (Å²) in [5.74, 6) is 0.979. The van der Waals surface area contributed by atoms with E-state index in [1.54, 1.807) is 0 Å². The highest BCUT2D eigenvalue weighted by Gasteiger charge is 2.22. The van der Waals surface area contributed by atoms with E-state index in [0.717, 1.165) is 43.3 Å². The highest BCUT2D eigenvalue weighted by molar-refractivity contribution is 5.51. The number of imidazole rings is 1. The number of fused-ring (bicyclic) bond motifs is 1. The van der Waals surface area contributed by atoms with Crippen molar-refractivity contribution in [3.8, 4) is 11.5 Å². The van der Waals surface area contributed by atoms with Gasteiger partial charge in [-0.1, -0.05) is 6.07 Å². The molecule has 0 radical (unpaired) electrons. The summed E-state index contributed by atoms with van der Waals surface area (Å²) in [5.41, 5.74) is 9.05. The molecule has 0 spiro atoms. The molecule has 3 heterocycles. The van der Waals surface area contributed by atoms with E-state index in [0.29, 0.717) is 6.54 Å². The first-order chi connectivity index (χ1) is 9.29. The third-order valence-corrected chi connectivity index (χ3v) is 3.56. The zero-order chi connectivity index (χ0) is 13.2. The summed E-state index contributed by atoms with van der Waals surface area (Å²) in [6.07, 6.45) is 2.64. The highest BCUT2D eigenvalue weighted by atomic mass is 15.2. The minimum absolute atomic E-state index is 0.634. The van der Waals surface area contributed by atoms with Gasteiger partial charge in [0.25, 0.3) is 0 Å². The molecule has 5 heteroatoms. The Balaban J connectivity index is 2.08. The maximum atomic E-state index is 5.70. The van der Waals surface area contributed by atoms with Crippen molar-refractivity contribution >= 4 is 0 Å². The number of nitrogens with zero attached hydrogens (tertiary/aromatic N) is 4. The SMILES string of the molecule is CN1CCn2c(-c3ccccn3)nc(CCN)c2C1. The number of nitrogens with two attached hydrogens (primary N) is 1. The molecule has 1 aliphatic rings. The fourth-order valence-corrected chi connectivity index (χ4v) is 2.59.